The summed E-state index contributed by atoms with van der Waals surface area (Å²) in [6.07, 6.45) is 2.43. The van der Waals surface area contributed by atoms with Crippen LogP contribution in [0, 0.1) is 6.92 Å². The first-order chi connectivity index (χ1) is 8.29. The van der Waals surface area contributed by atoms with Crippen molar-refractivity contribution in [1.29, 1.82) is 0 Å². The van der Waals surface area contributed by atoms with Gasteiger partial charge in [0, 0.05) is 32.2 Å². The van der Waals surface area contributed by atoms with Gasteiger partial charge in [-0.05, 0) is 25.3 Å². The van der Waals surface area contributed by atoms with Crippen molar-refractivity contribution in [3.05, 3.63) is 35.4 Å². The van der Waals surface area contributed by atoms with Gasteiger partial charge in [-0.15, -0.1) is 0 Å². The van der Waals surface area contributed by atoms with Crippen LogP contribution in [0.15, 0.2) is 24.3 Å². The molecule has 2 rings (SSSR count). The lowest BCUT2D eigenvalue weighted by Crippen LogP contribution is -2.51. The summed E-state index contributed by atoms with van der Waals surface area (Å²) in [6.45, 7) is 9.16. The Labute approximate surface area is 105 Å². The van der Waals surface area contributed by atoms with Gasteiger partial charge in [-0.1, -0.05) is 36.8 Å². The number of hydrogen-bond acceptors (Lipinski definition) is 2. The highest BCUT2D eigenvalue weighted by Crippen LogP contribution is 2.10. The summed E-state index contributed by atoms with van der Waals surface area (Å²) < 4.78 is 0. The van der Waals surface area contributed by atoms with E-state index in [2.05, 4.69) is 48.3 Å². The summed E-state index contributed by atoms with van der Waals surface area (Å²) in [6, 6.07) is 9.62. The molecule has 1 N–H and O–H groups in total. The zero-order chi connectivity index (χ0) is 12.1. The van der Waals surface area contributed by atoms with Crippen molar-refractivity contribution in [1.82, 2.24) is 10.2 Å². The number of piperazine rings is 1. The normalized spacial score (nSPS) is 21.6. The minimum atomic E-state index is 0.730. The molecule has 1 aliphatic rings. The quantitative estimate of drug-likeness (QED) is 0.856. The fourth-order valence-electron chi connectivity index (χ4n) is 2.64. The summed E-state index contributed by atoms with van der Waals surface area (Å²) in [7, 11) is 0. The maximum absolute atomic E-state index is 3.48. The number of rotatable bonds is 4. The van der Waals surface area contributed by atoms with Crippen LogP contribution in [0.2, 0.25) is 0 Å². The van der Waals surface area contributed by atoms with Crippen molar-refractivity contribution in [2.45, 2.75) is 32.7 Å². The van der Waals surface area contributed by atoms with E-state index in [0.717, 1.165) is 19.1 Å². The number of aryl methyl sites for hydroxylation is 1. The minimum Gasteiger partial charge on any atom is -0.314 e. The first-order valence-corrected chi connectivity index (χ1v) is 6.80. The van der Waals surface area contributed by atoms with Crippen LogP contribution in [-0.4, -0.2) is 37.1 Å². The van der Waals surface area contributed by atoms with E-state index in [-0.39, 0.29) is 0 Å². The zero-order valence-corrected chi connectivity index (χ0v) is 11.1. The monoisotopic (exact) mass is 232 g/mol. The molecule has 1 unspecified atom stereocenters. The molecule has 1 aromatic rings. The molecule has 1 saturated heterocycles. The van der Waals surface area contributed by atoms with E-state index in [1.54, 1.807) is 0 Å². The molecule has 1 aliphatic heterocycles. The lowest BCUT2D eigenvalue weighted by molar-refractivity contribution is 0.159. The van der Waals surface area contributed by atoms with E-state index in [9.17, 15) is 0 Å². The predicted octanol–water partition coefficient (Wildman–Crippen LogP) is 2.22. The Morgan fingerprint density at radius 2 is 2.29 bits per heavy atom. The molecule has 0 bridgehead atoms. The SMILES string of the molecule is CCC1CNCCN1CCc1cccc(C)c1. The first kappa shape index (κ1) is 12.6. The molecular formula is C15H24N2. The second-order valence-electron chi connectivity index (χ2n) is 5.04. The number of hydrogen-bond donors (Lipinski definition) is 1. The highest BCUT2D eigenvalue weighted by atomic mass is 15.2. The highest BCUT2D eigenvalue weighted by molar-refractivity contribution is 5.22. The molecular weight excluding hydrogens is 208 g/mol. The van der Waals surface area contributed by atoms with E-state index in [1.165, 1.54) is 37.1 Å². The van der Waals surface area contributed by atoms with E-state index in [4.69, 9.17) is 0 Å². The van der Waals surface area contributed by atoms with E-state index in [1.807, 2.05) is 0 Å². The van der Waals surface area contributed by atoms with E-state index < -0.39 is 0 Å². The summed E-state index contributed by atoms with van der Waals surface area (Å²) in [5.41, 5.74) is 2.84. The third kappa shape index (κ3) is 3.55. The minimum absolute atomic E-state index is 0.730. The fraction of sp³-hybridized carbons (Fsp3) is 0.600. The Bertz CT molecular complexity index is 349. The van der Waals surface area contributed by atoms with Crippen molar-refractivity contribution < 1.29 is 0 Å². The second kappa shape index (κ2) is 6.18. The van der Waals surface area contributed by atoms with Gasteiger partial charge in [-0.2, -0.15) is 0 Å². The number of benzene rings is 1. The fourth-order valence-corrected chi connectivity index (χ4v) is 2.64. The van der Waals surface area contributed by atoms with Crippen LogP contribution in [-0.2, 0) is 6.42 Å². The predicted molar refractivity (Wildman–Crippen MR) is 73.4 cm³/mol. The van der Waals surface area contributed by atoms with Crippen LogP contribution in [0.4, 0.5) is 0 Å². The standard InChI is InChI=1S/C15H24N2/c1-3-15-12-16-8-10-17(15)9-7-14-6-4-5-13(2)11-14/h4-6,11,15-16H,3,7-10,12H2,1-2H3. The van der Waals surface area contributed by atoms with Crippen molar-refractivity contribution in [2.24, 2.45) is 0 Å². The van der Waals surface area contributed by atoms with Crippen LogP contribution >= 0.6 is 0 Å². The average molecular weight is 232 g/mol. The average Bonchev–Trinajstić information content (AvgIpc) is 2.37. The molecule has 2 heteroatoms. The molecule has 1 aromatic carbocycles. The van der Waals surface area contributed by atoms with Crippen LogP contribution in [0.25, 0.3) is 0 Å². The van der Waals surface area contributed by atoms with Gasteiger partial charge >= 0.3 is 0 Å². The van der Waals surface area contributed by atoms with Gasteiger partial charge in [0.25, 0.3) is 0 Å². The molecule has 17 heavy (non-hydrogen) atoms. The van der Waals surface area contributed by atoms with Crippen LogP contribution < -0.4 is 5.32 Å². The Kier molecular flexibility index (Phi) is 4.57. The van der Waals surface area contributed by atoms with Gasteiger partial charge in [-0.3, -0.25) is 4.90 Å². The van der Waals surface area contributed by atoms with Gasteiger partial charge < -0.3 is 5.32 Å². The molecule has 1 atom stereocenters. The molecule has 0 saturated carbocycles. The largest absolute Gasteiger partial charge is 0.314 e. The van der Waals surface area contributed by atoms with Crippen LogP contribution in [0.5, 0.6) is 0 Å². The smallest absolute Gasteiger partial charge is 0.0218 e. The molecule has 0 radical (unpaired) electrons. The molecule has 0 spiro atoms. The topological polar surface area (TPSA) is 15.3 Å². The Hall–Kier alpha value is -0.860. The van der Waals surface area contributed by atoms with Crippen molar-refractivity contribution in [3.63, 3.8) is 0 Å². The number of nitrogens with one attached hydrogen (secondary N) is 1. The summed E-state index contributed by atoms with van der Waals surface area (Å²) in [5, 5.41) is 3.48. The van der Waals surface area contributed by atoms with E-state index >= 15 is 0 Å². The van der Waals surface area contributed by atoms with Crippen molar-refractivity contribution in [2.75, 3.05) is 26.2 Å². The summed E-state index contributed by atoms with van der Waals surface area (Å²) in [5.74, 6) is 0. The summed E-state index contributed by atoms with van der Waals surface area (Å²) >= 11 is 0. The highest BCUT2D eigenvalue weighted by Gasteiger charge is 2.19. The van der Waals surface area contributed by atoms with Gasteiger partial charge in [0.1, 0.15) is 0 Å². The molecule has 94 valence electrons. The Morgan fingerprint density at radius 1 is 1.41 bits per heavy atom. The molecule has 0 aliphatic carbocycles. The zero-order valence-electron chi connectivity index (χ0n) is 11.1. The molecule has 1 fully saturated rings. The second-order valence-corrected chi connectivity index (χ2v) is 5.04. The first-order valence-electron chi connectivity index (χ1n) is 6.80. The lowest BCUT2D eigenvalue weighted by Gasteiger charge is -2.35. The number of nitrogens with zero attached hydrogens (tertiary/aromatic N) is 1. The lowest BCUT2D eigenvalue weighted by atomic mass is 10.1. The van der Waals surface area contributed by atoms with Gasteiger partial charge in [0.15, 0.2) is 0 Å². The molecule has 1 heterocycles. The van der Waals surface area contributed by atoms with Crippen molar-refractivity contribution in [3.8, 4) is 0 Å². The Balaban J connectivity index is 1.88. The van der Waals surface area contributed by atoms with Gasteiger partial charge in [0.05, 0.1) is 0 Å². The Morgan fingerprint density at radius 3 is 3.06 bits per heavy atom. The third-order valence-electron chi connectivity index (χ3n) is 3.71. The molecule has 0 aromatic heterocycles. The maximum Gasteiger partial charge on any atom is 0.0218 e. The summed E-state index contributed by atoms with van der Waals surface area (Å²) in [4.78, 5) is 2.64. The van der Waals surface area contributed by atoms with Crippen LogP contribution in [0.1, 0.15) is 24.5 Å². The van der Waals surface area contributed by atoms with Crippen molar-refractivity contribution >= 4 is 0 Å². The molecule has 2 nitrogen and oxygen atoms in total. The maximum atomic E-state index is 3.48. The molecule has 0 amide bonds. The van der Waals surface area contributed by atoms with E-state index in [0.29, 0.717) is 0 Å². The van der Waals surface area contributed by atoms with Gasteiger partial charge in [0.2, 0.25) is 0 Å². The third-order valence-corrected chi connectivity index (χ3v) is 3.71. The van der Waals surface area contributed by atoms with Crippen LogP contribution in [0.3, 0.4) is 0 Å². The van der Waals surface area contributed by atoms with Gasteiger partial charge in [-0.25, -0.2) is 0 Å².